The number of carbonyl (C=O) groups excluding carboxylic acids is 1. The number of carbonyl (C=O) groups is 1. The fourth-order valence-electron chi connectivity index (χ4n) is 2.59. The number of ether oxygens (including phenoxy) is 1. The lowest BCUT2D eigenvalue weighted by atomic mass is 10.3. The Morgan fingerprint density at radius 1 is 0.931 bits per heavy atom. The second-order valence-corrected chi connectivity index (χ2v) is 5.99. The highest BCUT2D eigenvalue weighted by molar-refractivity contribution is 5.99. The van der Waals surface area contributed by atoms with Crippen LogP contribution in [0.15, 0.2) is 85.5 Å². The normalized spacial score (nSPS) is 10.4. The third-order valence-corrected chi connectivity index (χ3v) is 3.95. The summed E-state index contributed by atoms with van der Waals surface area (Å²) in [5, 5.41) is 5.09. The number of nitrogens with one attached hydrogen (secondary N) is 2. The number of para-hydroxylation sites is 1. The smallest absolute Gasteiger partial charge is 0.323 e. The number of urea groups is 1. The van der Waals surface area contributed by atoms with Gasteiger partial charge in [0.05, 0.1) is 5.69 Å². The third-order valence-electron chi connectivity index (χ3n) is 3.95. The number of nitrogens with zero attached hydrogens (tertiary/aromatic N) is 3. The molecule has 2 N–H and O–H groups in total. The van der Waals surface area contributed by atoms with Crippen molar-refractivity contribution in [2.75, 3.05) is 10.6 Å². The van der Waals surface area contributed by atoms with Gasteiger partial charge in [0, 0.05) is 24.1 Å². The first-order chi connectivity index (χ1) is 14.2. The van der Waals surface area contributed by atoms with Gasteiger partial charge in [0.15, 0.2) is 0 Å². The predicted octanol–water partition coefficient (Wildman–Crippen LogP) is 4.84. The van der Waals surface area contributed by atoms with Gasteiger partial charge < -0.3 is 19.9 Å². The molecular formula is C21H16FN5O2. The van der Waals surface area contributed by atoms with Crippen LogP contribution >= 0.6 is 0 Å². The Hall–Kier alpha value is -4.20. The maximum Gasteiger partial charge on any atom is 0.323 e. The van der Waals surface area contributed by atoms with Crippen molar-refractivity contribution in [1.29, 1.82) is 0 Å². The minimum Gasteiger partial charge on any atom is -0.439 e. The van der Waals surface area contributed by atoms with Crippen molar-refractivity contribution in [3.8, 4) is 17.4 Å². The molecule has 0 aliphatic rings. The Kier molecular flexibility index (Phi) is 5.15. The zero-order valence-corrected chi connectivity index (χ0v) is 15.1. The Morgan fingerprint density at radius 3 is 2.45 bits per heavy atom. The molecule has 0 saturated carbocycles. The van der Waals surface area contributed by atoms with E-state index in [0.29, 0.717) is 23.1 Å². The molecule has 0 saturated heterocycles. The summed E-state index contributed by atoms with van der Waals surface area (Å²) in [7, 11) is 0. The minimum absolute atomic E-state index is 0.104. The topological polar surface area (TPSA) is 81.1 Å². The number of hydrogen-bond donors (Lipinski definition) is 2. The number of aromatic nitrogens is 3. The molecule has 2 aromatic carbocycles. The van der Waals surface area contributed by atoms with Crippen molar-refractivity contribution in [1.82, 2.24) is 14.5 Å². The van der Waals surface area contributed by atoms with Crippen LogP contribution in [0.1, 0.15) is 0 Å². The van der Waals surface area contributed by atoms with Crippen LogP contribution in [0, 0.1) is 5.82 Å². The van der Waals surface area contributed by atoms with E-state index < -0.39 is 11.8 Å². The van der Waals surface area contributed by atoms with Crippen LogP contribution in [0.2, 0.25) is 0 Å². The second-order valence-electron chi connectivity index (χ2n) is 5.99. The van der Waals surface area contributed by atoms with Crippen molar-refractivity contribution in [2.45, 2.75) is 0 Å². The molecule has 0 radical (unpaired) electrons. The van der Waals surface area contributed by atoms with E-state index in [-0.39, 0.29) is 5.69 Å². The summed E-state index contributed by atoms with van der Waals surface area (Å²) in [5.41, 5.74) is 0.633. The van der Waals surface area contributed by atoms with Crippen LogP contribution in [0.4, 0.5) is 20.6 Å². The van der Waals surface area contributed by atoms with Crippen molar-refractivity contribution >= 4 is 17.4 Å². The Morgan fingerprint density at radius 2 is 1.69 bits per heavy atom. The van der Waals surface area contributed by atoms with E-state index in [0.717, 1.165) is 0 Å². The highest BCUT2D eigenvalue weighted by atomic mass is 19.1. The predicted molar refractivity (Wildman–Crippen MR) is 107 cm³/mol. The van der Waals surface area contributed by atoms with Crippen LogP contribution < -0.4 is 15.4 Å². The number of halogens is 1. The Balaban J connectivity index is 1.39. The van der Waals surface area contributed by atoms with E-state index in [2.05, 4.69) is 20.6 Å². The lowest BCUT2D eigenvalue weighted by Gasteiger charge is -2.10. The first kappa shape index (κ1) is 18.2. The lowest BCUT2D eigenvalue weighted by Crippen LogP contribution is -2.20. The Labute approximate surface area is 165 Å². The highest BCUT2D eigenvalue weighted by Gasteiger charge is 2.07. The minimum atomic E-state index is -0.545. The largest absolute Gasteiger partial charge is 0.439 e. The molecule has 0 bridgehead atoms. The maximum atomic E-state index is 13.6. The summed E-state index contributed by atoms with van der Waals surface area (Å²) >= 11 is 0. The first-order valence-corrected chi connectivity index (χ1v) is 8.73. The van der Waals surface area contributed by atoms with Gasteiger partial charge in [-0.1, -0.05) is 12.1 Å². The number of hydrogen-bond acceptors (Lipinski definition) is 4. The summed E-state index contributed by atoms with van der Waals surface area (Å²) in [6.07, 6.45) is 5.17. The molecule has 0 atom stereocenters. The van der Waals surface area contributed by atoms with E-state index >= 15 is 0 Å². The quantitative estimate of drug-likeness (QED) is 0.512. The van der Waals surface area contributed by atoms with E-state index in [1.54, 1.807) is 42.5 Å². The number of anilines is 2. The standard InChI is InChI=1S/C21H16FN5O2/c22-17-5-1-2-6-18(17)26-21(28)25-15-7-9-16(10-8-15)29-20-13-19(23-14-24-20)27-11-3-4-12-27/h1-14H,(H2,25,26,28). The average molecular weight is 389 g/mol. The highest BCUT2D eigenvalue weighted by Crippen LogP contribution is 2.22. The fraction of sp³-hybridized carbons (Fsp3) is 0. The van der Waals surface area contributed by atoms with E-state index in [1.165, 1.54) is 18.5 Å². The molecular weight excluding hydrogens is 373 g/mol. The average Bonchev–Trinajstić information content (AvgIpc) is 3.26. The lowest BCUT2D eigenvalue weighted by molar-refractivity contribution is 0.262. The number of rotatable bonds is 5. The molecule has 0 spiro atoms. The van der Waals surface area contributed by atoms with Crippen molar-refractivity contribution in [3.63, 3.8) is 0 Å². The zero-order chi connectivity index (χ0) is 20.1. The molecule has 4 aromatic rings. The van der Waals surface area contributed by atoms with Gasteiger partial charge in [-0.15, -0.1) is 0 Å². The molecule has 8 heteroatoms. The SMILES string of the molecule is O=C(Nc1ccc(Oc2cc(-n3cccc3)ncn2)cc1)Nc1ccccc1F. The van der Waals surface area contributed by atoms with Gasteiger partial charge in [-0.25, -0.2) is 19.2 Å². The summed E-state index contributed by atoms with van der Waals surface area (Å²) in [6, 6.07) is 17.6. The first-order valence-electron chi connectivity index (χ1n) is 8.73. The molecule has 0 aliphatic heterocycles. The summed E-state index contributed by atoms with van der Waals surface area (Å²) in [4.78, 5) is 20.3. The number of benzene rings is 2. The Bertz CT molecular complexity index is 1110. The van der Waals surface area contributed by atoms with E-state index in [9.17, 15) is 9.18 Å². The maximum absolute atomic E-state index is 13.6. The van der Waals surface area contributed by atoms with Gasteiger partial charge in [-0.3, -0.25) is 0 Å². The molecule has 0 fully saturated rings. The van der Waals surface area contributed by atoms with Gasteiger partial charge >= 0.3 is 6.03 Å². The van der Waals surface area contributed by atoms with Crippen LogP contribution in [-0.4, -0.2) is 20.6 Å². The molecule has 29 heavy (non-hydrogen) atoms. The van der Waals surface area contributed by atoms with Crippen molar-refractivity contribution in [3.05, 3.63) is 91.3 Å². The van der Waals surface area contributed by atoms with Gasteiger partial charge in [-0.2, -0.15) is 0 Å². The van der Waals surface area contributed by atoms with Gasteiger partial charge in [0.25, 0.3) is 0 Å². The van der Waals surface area contributed by atoms with Crippen LogP contribution in [-0.2, 0) is 0 Å². The van der Waals surface area contributed by atoms with Gasteiger partial charge in [-0.05, 0) is 48.5 Å². The van der Waals surface area contributed by atoms with Gasteiger partial charge in [0.1, 0.15) is 23.7 Å². The van der Waals surface area contributed by atoms with Crippen LogP contribution in [0.5, 0.6) is 11.6 Å². The van der Waals surface area contributed by atoms with E-state index in [1.807, 2.05) is 29.1 Å². The molecule has 2 aromatic heterocycles. The molecule has 4 rings (SSSR count). The molecule has 2 amide bonds. The molecule has 2 heterocycles. The summed E-state index contributed by atoms with van der Waals surface area (Å²) in [5.74, 6) is 1.11. The van der Waals surface area contributed by atoms with Crippen LogP contribution in [0.3, 0.4) is 0 Å². The van der Waals surface area contributed by atoms with Crippen LogP contribution in [0.25, 0.3) is 5.82 Å². The number of amides is 2. The fourth-order valence-corrected chi connectivity index (χ4v) is 2.59. The van der Waals surface area contributed by atoms with Crippen molar-refractivity contribution < 1.29 is 13.9 Å². The van der Waals surface area contributed by atoms with Crippen molar-refractivity contribution in [2.24, 2.45) is 0 Å². The summed E-state index contributed by atoms with van der Waals surface area (Å²) < 4.78 is 21.2. The molecule has 0 unspecified atom stereocenters. The van der Waals surface area contributed by atoms with Gasteiger partial charge in [0.2, 0.25) is 5.88 Å². The molecule has 0 aliphatic carbocycles. The monoisotopic (exact) mass is 389 g/mol. The summed E-state index contributed by atoms with van der Waals surface area (Å²) in [6.45, 7) is 0. The van der Waals surface area contributed by atoms with E-state index in [4.69, 9.17) is 4.74 Å². The third kappa shape index (κ3) is 4.56. The molecule has 7 nitrogen and oxygen atoms in total. The zero-order valence-electron chi connectivity index (χ0n) is 15.1. The molecule has 144 valence electrons. The second kappa shape index (κ2) is 8.22.